The van der Waals surface area contributed by atoms with E-state index in [0.717, 1.165) is 277 Å². The van der Waals surface area contributed by atoms with Crippen LogP contribution in [-0.4, -0.2) is 271 Å². The van der Waals surface area contributed by atoms with E-state index in [4.69, 9.17) is 15.6 Å². The Hall–Kier alpha value is -10.7. The van der Waals surface area contributed by atoms with Crippen LogP contribution in [0, 0.1) is 99.7 Å². The van der Waals surface area contributed by atoms with Crippen LogP contribution in [0.15, 0.2) is 123 Å². The number of aryl methyl sites for hydroxylation is 5. The lowest BCUT2D eigenvalue weighted by Crippen LogP contribution is -2.54. The van der Waals surface area contributed by atoms with Gasteiger partial charge in [0.05, 0.1) is 73.0 Å². The van der Waals surface area contributed by atoms with Gasteiger partial charge >= 0.3 is 5.97 Å². The van der Waals surface area contributed by atoms with Crippen molar-refractivity contribution in [1.29, 1.82) is 0 Å². The standard InChI is InChI=1S/C25H34N4O3.C25H36N4O2.C24H34N4O2.C24H34N4O.C22H30N4O/c1-3-32-24(31)12-18-5-7-20(8-6-18)29-14-19(15-29)11-21(30)13-26-25-22-10-17(2)4-9-23(22)27-16-28-25;1-4-24(31-3)19-6-8-20(9-7-19)29-14-18(15-29)12-21(30)13-26-25-22-11-17(2)5-10-23(22)27-16-28-25;1-17-3-8-23-22(11-17)24(27-16-26-23)25-13-21(29)12-19-14-28(15-19)20-6-4-18(5-7-20)9-10-30-2;1-16(2)19-5-7-20(8-6-19)28-13-18(14-28)11-21(29)12-25-24-22-10-17(3)4-9-23(22)26-15-27-24;1-15-3-6-18(7-4-15)26-12-17(13-26)10-19(27)11-23-22-20-9-16(2)5-8-21(20)24-14-25-22/h4,9-10,16,18-20H,3,5-8,11-15H2,1-2H3,(H,26,27,28);5,10-11,16,18-20,24H,4,6-9,12-15H2,1-3H3,(H,26,27,28);3,8,11,16,18-20H,4-7,9-10,12-15H2,1-2H3,(H,25,26,27);4,9-10,15-16,18-20H,5-8,11-14H2,1-3H3,(H,25,26,27);5,8-9,14-15,17-18H,3-4,6-7,10-13H2,1-2H3,(H,23,24,25)/i;;;20D;. The molecule has 0 spiro atoms. The predicted octanol–water partition coefficient (Wildman–Crippen LogP) is 20.1. The van der Waals surface area contributed by atoms with Crippen molar-refractivity contribution in [1.82, 2.24) is 74.3 Å². The van der Waals surface area contributed by atoms with Crippen LogP contribution in [-0.2, 0) is 43.0 Å². The Morgan fingerprint density at radius 3 is 0.893 bits per heavy atom. The van der Waals surface area contributed by atoms with E-state index in [0.29, 0.717) is 132 Å². The summed E-state index contributed by atoms with van der Waals surface area (Å²) in [6, 6.07) is 32.8. The van der Waals surface area contributed by atoms with Gasteiger partial charge in [0.1, 0.15) is 60.7 Å². The Kier molecular flexibility index (Phi) is 40.1. The van der Waals surface area contributed by atoms with Crippen LogP contribution in [0.1, 0.15) is 244 Å². The smallest absolute Gasteiger partial charge is 0.306 e. The van der Waals surface area contributed by atoms with E-state index in [2.05, 4.69) is 168 Å². The Bertz CT molecular complexity index is 6100. The van der Waals surface area contributed by atoms with Crippen molar-refractivity contribution in [3.8, 4) is 0 Å². The molecule has 0 radical (unpaired) electrons. The quantitative estimate of drug-likeness (QED) is 0.0223. The number of carbonyl (C=O) groups excluding carboxylic acids is 6. The largest absolute Gasteiger partial charge is 0.466 e. The topological polar surface area (TPSA) is 335 Å². The Labute approximate surface area is 885 Å². The van der Waals surface area contributed by atoms with E-state index in [1.165, 1.54) is 102 Å². The number of ether oxygens (including phenoxy) is 3. The van der Waals surface area contributed by atoms with Gasteiger partial charge in [0.2, 0.25) is 0 Å². The lowest BCUT2D eigenvalue weighted by molar-refractivity contribution is -0.144. The number of hydrogen-bond acceptors (Lipinski definition) is 29. The molecule has 10 fully saturated rings. The second-order valence-electron chi connectivity index (χ2n) is 45.7. The molecule has 5 aliphatic heterocycles. The summed E-state index contributed by atoms with van der Waals surface area (Å²) in [4.78, 5) is 130. The maximum atomic E-state index is 12.6. The number of methoxy groups -OCH3 is 2. The summed E-state index contributed by atoms with van der Waals surface area (Å²) in [5.74, 6) is 11.7. The molecule has 29 nitrogen and oxygen atoms in total. The number of hydrogen-bond donors (Lipinski definition) is 5. The number of likely N-dealkylation sites (tertiary alicyclic amines) is 5. The van der Waals surface area contributed by atoms with E-state index >= 15 is 0 Å². The van der Waals surface area contributed by atoms with Crippen LogP contribution in [0.3, 0.4) is 0 Å². The van der Waals surface area contributed by atoms with Gasteiger partial charge in [-0.3, -0.25) is 53.3 Å². The van der Waals surface area contributed by atoms with Gasteiger partial charge in [-0.25, -0.2) is 49.8 Å². The van der Waals surface area contributed by atoms with Crippen molar-refractivity contribution in [2.24, 2.45) is 65.1 Å². The summed E-state index contributed by atoms with van der Waals surface area (Å²) < 4.78 is 24.8. The molecule has 5 aliphatic carbocycles. The third-order valence-corrected chi connectivity index (χ3v) is 33.8. The first kappa shape index (κ1) is 110. The molecular formula is C120H168N20O9. The molecule has 20 rings (SSSR count). The zero-order valence-electron chi connectivity index (χ0n) is 92.0. The van der Waals surface area contributed by atoms with Gasteiger partial charge in [-0.15, -0.1) is 0 Å². The molecule has 5 aromatic carbocycles. The predicted molar refractivity (Wildman–Crippen MR) is 595 cm³/mol. The summed E-state index contributed by atoms with van der Waals surface area (Å²) in [6.07, 6.45) is 38.7. The molecule has 1 atom stereocenters. The van der Waals surface area contributed by atoms with Crippen molar-refractivity contribution in [2.45, 2.75) is 285 Å². The lowest BCUT2D eigenvalue weighted by atomic mass is 9.78. The molecule has 10 heterocycles. The molecule has 802 valence electrons. The van der Waals surface area contributed by atoms with Gasteiger partial charge in [0.15, 0.2) is 28.9 Å². The van der Waals surface area contributed by atoms with E-state index < -0.39 is 6.02 Å². The zero-order chi connectivity index (χ0) is 105. The molecule has 0 bridgehead atoms. The summed E-state index contributed by atoms with van der Waals surface area (Å²) in [5.41, 5.74) is 10.2. The normalized spacial score (nSPS) is 23.6. The third-order valence-electron chi connectivity index (χ3n) is 33.8. The fourth-order valence-electron chi connectivity index (χ4n) is 24.9. The first-order chi connectivity index (χ1) is 72.6. The number of benzene rings is 5. The van der Waals surface area contributed by atoms with Crippen LogP contribution in [0.2, 0.25) is 0 Å². The number of fused-ring (bicyclic) bond motifs is 5. The fraction of sp³-hybridized carbons (Fsp3) is 0.617. The maximum Gasteiger partial charge on any atom is 0.306 e. The first-order valence-corrected chi connectivity index (χ1v) is 56.4. The van der Waals surface area contributed by atoms with E-state index in [9.17, 15) is 28.8 Å². The van der Waals surface area contributed by atoms with Crippen LogP contribution in [0.5, 0.6) is 0 Å². The van der Waals surface area contributed by atoms with Gasteiger partial charge in [-0.05, 0) is 309 Å². The number of rotatable bonds is 40. The van der Waals surface area contributed by atoms with Crippen molar-refractivity contribution >= 4 is 118 Å². The zero-order valence-corrected chi connectivity index (χ0v) is 91.0. The molecular weight excluding hydrogens is 1870 g/mol. The number of esters is 1. The molecule has 1 unspecified atom stereocenters. The van der Waals surface area contributed by atoms with Crippen LogP contribution in [0.25, 0.3) is 54.5 Å². The number of carbonyl (C=O) groups is 6. The third kappa shape index (κ3) is 31.6. The molecule has 5 N–H and O–H groups in total. The summed E-state index contributed by atoms with van der Waals surface area (Å²) in [5, 5.41) is 21.0. The van der Waals surface area contributed by atoms with Gasteiger partial charge in [-0.2, -0.15) is 0 Å². The molecule has 0 amide bonds. The van der Waals surface area contributed by atoms with E-state index in [-0.39, 0.29) is 34.9 Å². The van der Waals surface area contributed by atoms with Crippen molar-refractivity contribution in [2.75, 3.05) is 152 Å². The average molecular weight is 2040 g/mol. The number of ketones is 5. The minimum absolute atomic E-state index is 0.0582. The number of nitrogens with one attached hydrogen (secondary N) is 5. The minimum atomic E-state index is -0.402. The Balaban J connectivity index is 0.000000134. The van der Waals surface area contributed by atoms with Crippen molar-refractivity contribution < 1.29 is 44.3 Å². The number of aromatic nitrogens is 10. The SMILES string of the molecule is CCC(OC)C1CCC(N2CC(CC(=O)CNc3ncnc4ccc(C)cc34)C2)CC1.CCOC(=O)CC1CCC(N2CC(CC(=O)CNc3ncnc4ccc(C)cc34)C2)CC1.COCCC1CCC(N2CC(CC(=O)CNc3ncnc4ccc(C)cc34)C2)CC1.Cc1ccc2ncnc(NCC(=O)CC3CN(C4CCC(C)CC4)C3)c2c1.[2H]C1(N2CC(CC(=O)CNc3ncnc4ccc(C)cc34)C2)CCC(C(C)C)CC1. The minimum Gasteiger partial charge on any atom is -0.466 e. The number of anilines is 5. The molecule has 5 aromatic heterocycles. The second kappa shape index (κ2) is 54.5. The summed E-state index contributed by atoms with van der Waals surface area (Å²) in [7, 11) is 3.64. The summed E-state index contributed by atoms with van der Waals surface area (Å²) >= 11 is 0. The Morgan fingerprint density at radius 1 is 0.342 bits per heavy atom. The molecule has 29 heteroatoms. The highest BCUT2D eigenvalue weighted by Gasteiger charge is 2.42. The highest BCUT2D eigenvalue weighted by atomic mass is 16.5. The monoisotopic (exact) mass is 2030 g/mol. The highest BCUT2D eigenvalue weighted by molar-refractivity contribution is 5.96. The van der Waals surface area contributed by atoms with Crippen molar-refractivity contribution in [3.63, 3.8) is 0 Å². The molecule has 5 saturated carbocycles. The first-order valence-electron chi connectivity index (χ1n) is 56.9. The van der Waals surface area contributed by atoms with Gasteiger partial charge in [0.25, 0.3) is 0 Å². The molecule has 10 aromatic rings. The highest BCUT2D eigenvalue weighted by Crippen LogP contribution is 2.42. The second-order valence-corrected chi connectivity index (χ2v) is 45.7. The van der Waals surface area contributed by atoms with Crippen LogP contribution in [0.4, 0.5) is 29.1 Å². The molecule has 149 heavy (non-hydrogen) atoms. The Morgan fingerprint density at radius 2 is 0.617 bits per heavy atom. The molecule has 10 aliphatic rings. The fourth-order valence-corrected chi connectivity index (χ4v) is 24.9. The maximum absolute atomic E-state index is 12.6. The average Bonchev–Trinajstić information content (AvgIpc) is 0.773. The van der Waals surface area contributed by atoms with Gasteiger partial charge in [-0.1, -0.05) is 85.8 Å². The van der Waals surface area contributed by atoms with E-state index in [1.54, 1.807) is 26.1 Å². The lowest BCUT2D eigenvalue weighted by Gasteiger charge is -2.47. The number of Topliss-reactive ketones (excluding diaryl/α,β-unsaturated/α-hetero) is 5. The van der Waals surface area contributed by atoms with Crippen LogP contribution >= 0.6 is 0 Å². The van der Waals surface area contributed by atoms with Crippen LogP contribution < -0.4 is 26.6 Å². The van der Waals surface area contributed by atoms with E-state index in [1.807, 2.05) is 101 Å². The summed E-state index contributed by atoms with van der Waals surface area (Å²) in [6.45, 7) is 34.5. The van der Waals surface area contributed by atoms with Gasteiger partial charge in [0, 0.05) is 183 Å². The van der Waals surface area contributed by atoms with Gasteiger partial charge < -0.3 is 40.8 Å². The molecule has 5 saturated heterocycles. The number of nitrogens with zero attached hydrogens (tertiary/aromatic N) is 15. The van der Waals surface area contributed by atoms with Crippen molar-refractivity contribution in [3.05, 3.63) is 150 Å².